The predicted molar refractivity (Wildman–Crippen MR) is 125 cm³/mol. The van der Waals surface area contributed by atoms with Gasteiger partial charge in [0.25, 0.3) is 10.0 Å². The molecule has 7 nitrogen and oxygen atoms in total. The number of halogens is 1. The Hall–Kier alpha value is -3.02. The highest BCUT2D eigenvalue weighted by Crippen LogP contribution is 2.28. The molecule has 2 heterocycles. The maximum absolute atomic E-state index is 13.9. The van der Waals surface area contributed by atoms with E-state index < -0.39 is 15.8 Å². The lowest BCUT2D eigenvalue weighted by Crippen LogP contribution is -2.17. The number of amides is 1. The van der Waals surface area contributed by atoms with Crippen molar-refractivity contribution >= 4 is 60.6 Å². The molecule has 0 radical (unpaired) electrons. The van der Waals surface area contributed by atoms with Gasteiger partial charge in [0, 0.05) is 11.1 Å². The lowest BCUT2D eigenvalue weighted by atomic mass is 10.2. The first-order valence-corrected chi connectivity index (χ1v) is 12.7. The molecule has 0 aliphatic rings. The van der Waals surface area contributed by atoms with Crippen molar-refractivity contribution in [2.24, 2.45) is 0 Å². The Morgan fingerprint density at radius 1 is 1.16 bits per heavy atom. The smallest absolute Gasteiger partial charge is 0.262 e. The third-order valence-corrected chi connectivity index (χ3v) is 7.78. The number of nitrogens with zero attached hydrogens (tertiary/aromatic N) is 2. The van der Waals surface area contributed by atoms with Crippen LogP contribution in [0.3, 0.4) is 0 Å². The molecule has 0 atom stereocenters. The minimum Gasteiger partial charge on any atom is -0.325 e. The zero-order chi connectivity index (χ0) is 22.7. The van der Waals surface area contributed by atoms with Gasteiger partial charge in [0.05, 0.1) is 16.3 Å². The molecule has 0 aliphatic heterocycles. The van der Waals surface area contributed by atoms with Crippen molar-refractivity contribution in [1.82, 2.24) is 9.97 Å². The van der Waals surface area contributed by atoms with E-state index in [0.29, 0.717) is 16.3 Å². The number of aromatic nitrogens is 2. The molecule has 0 saturated heterocycles. The molecule has 11 heteroatoms. The standard InChI is InChI=1S/C21H17FN4O3S3/c1-13-6-7-14(10-18(13)32(28,29)26-17-5-3-2-4-16(17)22)25-19(27)11-31-21-15-8-9-30-20(15)23-12-24-21/h2-10,12,26H,11H2,1H3,(H,25,27). The van der Waals surface area contributed by atoms with Crippen molar-refractivity contribution in [2.45, 2.75) is 16.8 Å². The summed E-state index contributed by atoms with van der Waals surface area (Å²) < 4.78 is 41.8. The summed E-state index contributed by atoms with van der Waals surface area (Å²) >= 11 is 2.76. The largest absolute Gasteiger partial charge is 0.325 e. The number of rotatable bonds is 7. The number of anilines is 2. The van der Waals surface area contributed by atoms with E-state index in [-0.39, 0.29) is 22.2 Å². The normalized spacial score (nSPS) is 11.4. The number of carbonyl (C=O) groups excluding carboxylic acids is 1. The van der Waals surface area contributed by atoms with Gasteiger partial charge in [-0.2, -0.15) is 0 Å². The fourth-order valence-corrected chi connectivity index (χ4v) is 5.84. The van der Waals surface area contributed by atoms with Crippen LogP contribution in [0.2, 0.25) is 0 Å². The lowest BCUT2D eigenvalue weighted by molar-refractivity contribution is -0.113. The van der Waals surface area contributed by atoms with Crippen molar-refractivity contribution < 1.29 is 17.6 Å². The molecule has 0 unspecified atom stereocenters. The quantitative estimate of drug-likeness (QED) is 0.290. The average Bonchev–Trinajstić information content (AvgIpc) is 3.24. The molecule has 0 saturated carbocycles. The summed E-state index contributed by atoms with van der Waals surface area (Å²) in [5.41, 5.74) is 0.628. The molecule has 0 aliphatic carbocycles. The highest BCUT2D eigenvalue weighted by molar-refractivity contribution is 8.00. The average molecular weight is 489 g/mol. The number of fused-ring (bicyclic) bond motifs is 1. The molecule has 4 aromatic rings. The number of hydrogen-bond donors (Lipinski definition) is 2. The minimum absolute atomic E-state index is 0.0537. The number of nitrogens with one attached hydrogen (secondary N) is 2. The van der Waals surface area contributed by atoms with Gasteiger partial charge in [0.2, 0.25) is 5.91 Å². The Morgan fingerprint density at radius 3 is 2.78 bits per heavy atom. The van der Waals surface area contributed by atoms with Gasteiger partial charge in [-0.3, -0.25) is 9.52 Å². The number of carbonyl (C=O) groups is 1. The van der Waals surface area contributed by atoms with Crippen molar-refractivity contribution in [3.8, 4) is 0 Å². The van der Waals surface area contributed by atoms with Crippen molar-refractivity contribution in [3.63, 3.8) is 0 Å². The van der Waals surface area contributed by atoms with Crippen LogP contribution in [0.5, 0.6) is 0 Å². The van der Waals surface area contributed by atoms with E-state index in [0.717, 1.165) is 10.2 Å². The van der Waals surface area contributed by atoms with Crippen LogP contribution in [0.4, 0.5) is 15.8 Å². The first-order chi connectivity index (χ1) is 15.3. The summed E-state index contributed by atoms with van der Waals surface area (Å²) in [6, 6.07) is 12.0. The topological polar surface area (TPSA) is 101 Å². The first-order valence-electron chi connectivity index (χ1n) is 9.32. The van der Waals surface area contributed by atoms with Crippen LogP contribution in [-0.4, -0.2) is 30.0 Å². The third kappa shape index (κ3) is 4.90. The molecule has 32 heavy (non-hydrogen) atoms. The number of aryl methyl sites for hydroxylation is 1. The Morgan fingerprint density at radius 2 is 1.97 bits per heavy atom. The second-order valence-corrected chi connectivity index (χ2v) is 10.2. The van der Waals surface area contributed by atoms with Gasteiger partial charge in [-0.15, -0.1) is 11.3 Å². The molecule has 0 fully saturated rings. The van der Waals surface area contributed by atoms with Gasteiger partial charge in [-0.05, 0) is 48.2 Å². The molecule has 0 bridgehead atoms. The monoisotopic (exact) mass is 488 g/mol. The molecule has 2 aromatic heterocycles. The zero-order valence-corrected chi connectivity index (χ0v) is 19.2. The molecule has 2 N–H and O–H groups in total. The van der Waals surface area contributed by atoms with Gasteiger partial charge >= 0.3 is 0 Å². The van der Waals surface area contributed by atoms with E-state index in [4.69, 9.17) is 0 Å². The summed E-state index contributed by atoms with van der Waals surface area (Å²) in [5, 5.41) is 6.20. The Bertz CT molecular complexity index is 1410. The summed E-state index contributed by atoms with van der Waals surface area (Å²) in [6.07, 6.45) is 1.46. The molecule has 164 valence electrons. The third-order valence-electron chi connectivity index (χ3n) is 4.44. The maximum Gasteiger partial charge on any atom is 0.262 e. The van der Waals surface area contributed by atoms with Gasteiger partial charge in [0.1, 0.15) is 22.0 Å². The van der Waals surface area contributed by atoms with Gasteiger partial charge < -0.3 is 5.32 Å². The Kier molecular flexibility index (Phi) is 6.40. The van der Waals surface area contributed by atoms with E-state index in [1.807, 2.05) is 11.4 Å². The number of sulfonamides is 1. The van der Waals surface area contributed by atoms with Crippen LogP contribution >= 0.6 is 23.1 Å². The van der Waals surface area contributed by atoms with E-state index >= 15 is 0 Å². The number of para-hydroxylation sites is 1. The van der Waals surface area contributed by atoms with E-state index in [9.17, 15) is 17.6 Å². The maximum atomic E-state index is 13.9. The number of thioether (sulfide) groups is 1. The summed E-state index contributed by atoms with van der Waals surface area (Å²) in [4.78, 5) is 21.7. The van der Waals surface area contributed by atoms with Gasteiger partial charge in [0.15, 0.2) is 0 Å². The fraction of sp³-hybridized carbons (Fsp3) is 0.0952. The van der Waals surface area contributed by atoms with Gasteiger partial charge in [-0.25, -0.2) is 22.8 Å². The van der Waals surface area contributed by atoms with E-state index in [1.54, 1.807) is 19.1 Å². The highest BCUT2D eigenvalue weighted by atomic mass is 32.2. The van der Waals surface area contributed by atoms with Crippen LogP contribution in [0.25, 0.3) is 10.2 Å². The Labute approximate surface area is 192 Å². The first kappa shape index (κ1) is 22.2. The molecule has 0 spiro atoms. The van der Waals surface area contributed by atoms with Gasteiger partial charge in [-0.1, -0.05) is 30.0 Å². The molecule has 1 amide bonds. The highest BCUT2D eigenvalue weighted by Gasteiger charge is 2.20. The summed E-state index contributed by atoms with van der Waals surface area (Å²) in [6.45, 7) is 1.62. The molecule has 4 rings (SSSR count). The summed E-state index contributed by atoms with van der Waals surface area (Å²) in [7, 11) is -4.06. The zero-order valence-electron chi connectivity index (χ0n) is 16.7. The molecular formula is C21H17FN4O3S3. The van der Waals surface area contributed by atoms with Crippen molar-refractivity contribution in [1.29, 1.82) is 0 Å². The molecule has 2 aromatic carbocycles. The van der Waals surface area contributed by atoms with Crippen LogP contribution in [0.15, 0.2) is 70.2 Å². The lowest BCUT2D eigenvalue weighted by Gasteiger charge is -2.13. The number of hydrogen-bond acceptors (Lipinski definition) is 7. The van der Waals surface area contributed by atoms with Crippen LogP contribution in [0.1, 0.15) is 5.56 Å². The fourth-order valence-electron chi connectivity index (χ4n) is 2.92. The molecular weight excluding hydrogens is 471 g/mol. The Balaban J connectivity index is 1.48. The second-order valence-electron chi connectivity index (χ2n) is 6.72. The van der Waals surface area contributed by atoms with Crippen LogP contribution in [-0.2, 0) is 14.8 Å². The SMILES string of the molecule is Cc1ccc(NC(=O)CSc2ncnc3sccc23)cc1S(=O)(=O)Nc1ccccc1F. The van der Waals surface area contributed by atoms with Crippen molar-refractivity contribution in [2.75, 3.05) is 15.8 Å². The number of benzene rings is 2. The second kappa shape index (κ2) is 9.23. The predicted octanol–water partition coefficient (Wildman–Crippen LogP) is 4.67. The van der Waals surface area contributed by atoms with Crippen LogP contribution < -0.4 is 10.0 Å². The van der Waals surface area contributed by atoms with Crippen molar-refractivity contribution in [3.05, 3.63) is 71.6 Å². The van der Waals surface area contributed by atoms with E-state index in [1.165, 1.54) is 59.8 Å². The summed E-state index contributed by atoms with van der Waals surface area (Å²) in [5.74, 6) is -0.906. The minimum atomic E-state index is -4.06. The number of thiophene rings is 1. The van der Waals surface area contributed by atoms with E-state index in [2.05, 4.69) is 20.0 Å². The van der Waals surface area contributed by atoms with Crippen LogP contribution in [0, 0.1) is 12.7 Å².